The predicted octanol–water partition coefficient (Wildman–Crippen LogP) is 5.25. The summed E-state index contributed by atoms with van der Waals surface area (Å²) in [5.41, 5.74) is 1.22. The molecule has 0 fully saturated rings. The van der Waals surface area contributed by atoms with Crippen LogP contribution < -0.4 is 10.6 Å². The van der Waals surface area contributed by atoms with Gasteiger partial charge in [0.15, 0.2) is 0 Å². The highest BCUT2D eigenvalue weighted by molar-refractivity contribution is 7.68. The van der Waals surface area contributed by atoms with Gasteiger partial charge in [0.1, 0.15) is 6.10 Å². The molecule has 0 bridgehead atoms. The monoisotopic (exact) mass is 416 g/mol. The molecule has 1 atom stereocenters. The summed E-state index contributed by atoms with van der Waals surface area (Å²) < 4.78 is 6.94. The highest BCUT2D eigenvalue weighted by Crippen LogP contribution is 2.41. The first-order chi connectivity index (χ1) is 14.7. The van der Waals surface area contributed by atoms with Crippen LogP contribution in [0.3, 0.4) is 0 Å². The maximum absolute atomic E-state index is 6.94. The SMILES string of the molecule is CC(C)N1C=CN(C[C@@H](OP(c2ccccc2)c2ccccc2)c2ccccc2)C1. The van der Waals surface area contributed by atoms with Gasteiger partial charge in [-0.05, 0) is 19.4 Å². The molecule has 0 amide bonds. The number of nitrogens with zero attached hydrogens (tertiary/aromatic N) is 2. The summed E-state index contributed by atoms with van der Waals surface area (Å²) in [6, 6.07) is 32.3. The van der Waals surface area contributed by atoms with E-state index in [2.05, 4.69) is 127 Å². The Morgan fingerprint density at radius 1 is 0.767 bits per heavy atom. The number of hydrogen-bond acceptors (Lipinski definition) is 3. The van der Waals surface area contributed by atoms with Crippen molar-refractivity contribution in [2.75, 3.05) is 13.2 Å². The van der Waals surface area contributed by atoms with E-state index in [0.717, 1.165) is 13.2 Å². The summed E-state index contributed by atoms with van der Waals surface area (Å²) in [6.45, 7) is 6.17. The average Bonchev–Trinajstić information content (AvgIpc) is 3.27. The van der Waals surface area contributed by atoms with Gasteiger partial charge in [-0.1, -0.05) is 91.0 Å². The minimum atomic E-state index is -0.922. The molecule has 0 aromatic heterocycles. The molecule has 1 heterocycles. The van der Waals surface area contributed by atoms with Crippen LogP contribution in [-0.4, -0.2) is 29.1 Å². The van der Waals surface area contributed by atoms with Crippen LogP contribution in [-0.2, 0) is 4.52 Å². The molecule has 154 valence electrons. The lowest BCUT2D eigenvalue weighted by Gasteiger charge is -2.30. The third-order valence-electron chi connectivity index (χ3n) is 5.26. The van der Waals surface area contributed by atoms with Crippen molar-refractivity contribution in [2.24, 2.45) is 0 Å². The summed E-state index contributed by atoms with van der Waals surface area (Å²) in [5.74, 6) is 0. The Morgan fingerprint density at radius 3 is 1.80 bits per heavy atom. The van der Waals surface area contributed by atoms with Gasteiger partial charge in [-0.15, -0.1) is 0 Å². The average molecular weight is 417 g/mol. The molecule has 0 spiro atoms. The third-order valence-corrected chi connectivity index (χ3v) is 7.26. The van der Waals surface area contributed by atoms with Crippen molar-refractivity contribution in [3.63, 3.8) is 0 Å². The summed E-state index contributed by atoms with van der Waals surface area (Å²) in [7, 11) is -0.922. The first-order valence-electron chi connectivity index (χ1n) is 10.5. The van der Waals surface area contributed by atoms with Crippen molar-refractivity contribution in [3.8, 4) is 0 Å². The van der Waals surface area contributed by atoms with Crippen molar-refractivity contribution >= 4 is 18.8 Å². The largest absolute Gasteiger partial charge is 0.356 e. The van der Waals surface area contributed by atoms with Gasteiger partial charge in [0.05, 0.1) is 14.8 Å². The van der Waals surface area contributed by atoms with Crippen molar-refractivity contribution < 1.29 is 4.52 Å². The third kappa shape index (κ3) is 5.11. The van der Waals surface area contributed by atoms with Gasteiger partial charge in [-0.2, -0.15) is 0 Å². The predicted molar refractivity (Wildman–Crippen MR) is 127 cm³/mol. The van der Waals surface area contributed by atoms with Gasteiger partial charge in [0.25, 0.3) is 0 Å². The minimum absolute atomic E-state index is 0.0190. The summed E-state index contributed by atoms with van der Waals surface area (Å²) in [5, 5.41) is 2.47. The van der Waals surface area contributed by atoms with Gasteiger partial charge < -0.3 is 14.3 Å². The second-order valence-electron chi connectivity index (χ2n) is 7.79. The van der Waals surface area contributed by atoms with Crippen LogP contribution in [0.1, 0.15) is 25.5 Å². The van der Waals surface area contributed by atoms with Crippen molar-refractivity contribution in [1.82, 2.24) is 9.80 Å². The molecular formula is C26H29N2OP. The number of rotatable bonds is 8. The maximum atomic E-state index is 6.94. The van der Waals surface area contributed by atoms with Gasteiger partial charge in [0.2, 0.25) is 0 Å². The zero-order valence-corrected chi connectivity index (χ0v) is 18.5. The first-order valence-corrected chi connectivity index (χ1v) is 11.8. The van der Waals surface area contributed by atoms with Crippen LogP contribution in [0.2, 0.25) is 0 Å². The number of hydrogen-bond donors (Lipinski definition) is 0. The molecular weight excluding hydrogens is 387 g/mol. The summed E-state index contributed by atoms with van der Waals surface area (Å²) >= 11 is 0. The standard InChI is InChI=1S/C26H29N2OP/c1-22(2)28-19-18-27(21-28)20-26(23-12-6-3-7-13-23)29-30(24-14-8-4-9-15-24)25-16-10-5-11-17-25/h3-19,22,26H,20-21H2,1-2H3/t26-/m1/s1. The lowest BCUT2D eigenvalue weighted by atomic mass is 10.1. The Bertz CT molecular complexity index is 892. The molecule has 0 unspecified atom stereocenters. The molecule has 3 nitrogen and oxygen atoms in total. The molecule has 0 N–H and O–H groups in total. The quantitative estimate of drug-likeness (QED) is 0.467. The van der Waals surface area contributed by atoms with Gasteiger partial charge in [-0.25, -0.2) is 0 Å². The Kier molecular flexibility index (Phi) is 6.84. The Hall–Kier alpha value is -2.61. The van der Waals surface area contributed by atoms with E-state index in [0.29, 0.717) is 6.04 Å². The van der Waals surface area contributed by atoms with Gasteiger partial charge in [-0.3, -0.25) is 0 Å². The van der Waals surface area contributed by atoms with Crippen LogP contribution in [0, 0.1) is 0 Å². The Labute approximate surface area is 181 Å². The van der Waals surface area contributed by atoms with E-state index < -0.39 is 8.15 Å². The smallest absolute Gasteiger partial charge is 0.105 e. The van der Waals surface area contributed by atoms with Crippen molar-refractivity contribution in [3.05, 3.63) is 109 Å². The highest BCUT2D eigenvalue weighted by atomic mass is 31.1. The minimum Gasteiger partial charge on any atom is -0.356 e. The summed E-state index contributed by atoms with van der Waals surface area (Å²) in [6.07, 6.45) is 4.35. The van der Waals surface area contributed by atoms with E-state index >= 15 is 0 Å². The lowest BCUT2D eigenvalue weighted by Crippen LogP contribution is -2.33. The van der Waals surface area contributed by atoms with Crippen molar-refractivity contribution in [2.45, 2.75) is 26.0 Å². The topological polar surface area (TPSA) is 15.7 Å². The number of benzene rings is 3. The molecule has 0 saturated carbocycles. The first kappa shape index (κ1) is 20.7. The van der Waals surface area contributed by atoms with Crippen LogP contribution in [0.5, 0.6) is 0 Å². The van der Waals surface area contributed by atoms with Gasteiger partial charge in [0, 0.05) is 35.6 Å². The second-order valence-corrected chi connectivity index (χ2v) is 9.62. The zero-order valence-electron chi connectivity index (χ0n) is 17.6. The highest BCUT2D eigenvalue weighted by Gasteiger charge is 2.25. The lowest BCUT2D eigenvalue weighted by molar-refractivity contribution is 0.152. The molecule has 0 aliphatic carbocycles. The molecule has 1 aliphatic rings. The normalized spacial score (nSPS) is 14.7. The molecule has 0 radical (unpaired) electrons. The molecule has 0 saturated heterocycles. The molecule has 3 aromatic rings. The van der Waals surface area contributed by atoms with E-state index in [-0.39, 0.29) is 6.10 Å². The van der Waals surface area contributed by atoms with E-state index in [4.69, 9.17) is 4.52 Å². The zero-order chi connectivity index (χ0) is 20.8. The van der Waals surface area contributed by atoms with Gasteiger partial charge >= 0.3 is 0 Å². The Morgan fingerprint density at radius 2 is 1.30 bits per heavy atom. The van der Waals surface area contributed by atoms with Crippen LogP contribution in [0.15, 0.2) is 103 Å². The van der Waals surface area contributed by atoms with Crippen molar-refractivity contribution in [1.29, 1.82) is 0 Å². The van der Waals surface area contributed by atoms with Crippen LogP contribution in [0.4, 0.5) is 0 Å². The second kappa shape index (κ2) is 9.93. The molecule has 4 heteroatoms. The fourth-order valence-electron chi connectivity index (χ4n) is 3.54. The fourth-order valence-corrected chi connectivity index (χ4v) is 5.41. The molecule has 4 rings (SSSR count). The van der Waals surface area contributed by atoms with Crippen LogP contribution in [0.25, 0.3) is 0 Å². The van der Waals surface area contributed by atoms with E-state index in [1.54, 1.807) is 0 Å². The fraction of sp³-hybridized carbons (Fsp3) is 0.231. The maximum Gasteiger partial charge on any atom is 0.105 e. The molecule has 1 aliphatic heterocycles. The summed E-state index contributed by atoms with van der Waals surface area (Å²) in [4.78, 5) is 4.69. The molecule has 3 aromatic carbocycles. The molecule has 30 heavy (non-hydrogen) atoms. The van der Waals surface area contributed by atoms with E-state index in [1.165, 1.54) is 16.2 Å². The van der Waals surface area contributed by atoms with Crippen LogP contribution >= 0.6 is 8.15 Å². The van der Waals surface area contributed by atoms with E-state index in [9.17, 15) is 0 Å². The Balaban J connectivity index is 1.62. The van der Waals surface area contributed by atoms with E-state index in [1.807, 2.05) is 0 Å².